The third kappa shape index (κ3) is 6.44. The Morgan fingerprint density at radius 3 is 2.31 bits per heavy atom. The smallest absolute Gasteiger partial charge is 0.264 e. The third-order valence-electron chi connectivity index (χ3n) is 6.12. The average molecular weight is 560 g/mol. The molecule has 198 valence electrons. The van der Waals surface area contributed by atoms with E-state index in [4.69, 9.17) is 0 Å². The Labute approximate surface area is 230 Å². The molecule has 1 saturated heterocycles. The first-order valence-electron chi connectivity index (χ1n) is 12.2. The first-order chi connectivity index (χ1) is 18.9. The summed E-state index contributed by atoms with van der Waals surface area (Å²) in [6.45, 7) is 0.627. The fraction of sp³-hybridized carbons (Fsp3) is 0.143. The van der Waals surface area contributed by atoms with E-state index in [2.05, 4.69) is 32.1 Å². The number of carbonyl (C=O) groups is 2. The van der Waals surface area contributed by atoms with Crippen LogP contribution < -0.4 is 10.0 Å². The highest BCUT2D eigenvalue weighted by Crippen LogP contribution is 2.38. The second-order valence-electron chi connectivity index (χ2n) is 8.76. The van der Waals surface area contributed by atoms with Crippen LogP contribution in [0.25, 0.3) is 0 Å². The summed E-state index contributed by atoms with van der Waals surface area (Å²) >= 11 is 1.58. The molecule has 2 amide bonds. The van der Waals surface area contributed by atoms with Crippen LogP contribution in [0.15, 0.2) is 102 Å². The van der Waals surface area contributed by atoms with E-state index in [0.717, 1.165) is 12.0 Å². The van der Waals surface area contributed by atoms with Gasteiger partial charge in [-0.25, -0.2) is 23.1 Å². The number of amides is 2. The Morgan fingerprint density at radius 2 is 1.62 bits per heavy atom. The van der Waals surface area contributed by atoms with Crippen molar-refractivity contribution in [2.45, 2.75) is 16.7 Å². The Bertz CT molecular complexity index is 1550. The van der Waals surface area contributed by atoms with Gasteiger partial charge in [-0.15, -0.1) is 11.8 Å². The van der Waals surface area contributed by atoms with Crippen LogP contribution in [0, 0.1) is 0 Å². The lowest BCUT2D eigenvalue weighted by atomic mass is 10.1. The molecule has 1 aliphatic heterocycles. The predicted octanol–water partition coefficient (Wildman–Crippen LogP) is 4.35. The van der Waals surface area contributed by atoms with Gasteiger partial charge in [-0.2, -0.15) is 0 Å². The molecule has 11 heteroatoms. The van der Waals surface area contributed by atoms with Crippen molar-refractivity contribution >= 4 is 45.2 Å². The van der Waals surface area contributed by atoms with Crippen LogP contribution in [0.5, 0.6) is 0 Å². The highest BCUT2D eigenvalue weighted by Gasteiger charge is 2.32. The van der Waals surface area contributed by atoms with Gasteiger partial charge >= 0.3 is 0 Å². The molecule has 3 aromatic carbocycles. The minimum atomic E-state index is -3.87. The molecule has 2 heterocycles. The van der Waals surface area contributed by atoms with Gasteiger partial charge in [-0.1, -0.05) is 42.5 Å². The van der Waals surface area contributed by atoms with Crippen LogP contribution >= 0.6 is 11.8 Å². The zero-order valence-electron chi connectivity index (χ0n) is 20.7. The van der Waals surface area contributed by atoms with Crippen molar-refractivity contribution in [2.24, 2.45) is 0 Å². The molecule has 39 heavy (non-hydrogen) atoms. The highest BCUT2D eigenvalue weighted by atomic mass is 32.2. The summed E-state index contributed by atoms with van der Waals surface area (Å²) in [6.07, 6.45) is 3.65. The Kier molecular flexibility index (Phi) is 7.89. The number of carbonyl (C=O) groups excluding carboxylic acids is 2. The minimum Gasteiger partial charge on any atom is -0.326 e. The number of rotatable bonds is 9. The summed E-state index contributed by atoms with van der Waals surface area (Å²) in [5.41, 5.74) is 3.03. The molecule has 0 unspecified atom stereocenters. The van der Waals surface area contributed by atoms with Gasteiger partial charge in [0.1, 0.15) is 5.37 Å². The van der Waals surface area contributed by atoms with Gasteiger partial charge in [-0.3, -0.25) is 9.59 Å². The Balaban J connectivity index is 1.21. The van der Waals surface area contributed by atoms with E-state index in [1.54, 1.807) is 30.0 Å². The summed E-state index contributed by atoms with van der Waals surface area (Å²) in [5.74, 6) is 0.183. The van der Waals surface area contributed by atoms with Crippen LogP contribution in [-0.2, 0) is 21.2 Å². The van der Waals surface area contributed by atoms with Gasteiger partial charge in [0.2, 0.25) is 11.9 Å². The van der Waals surface area contributed by atoms with Crippen molar-refractivity contribution in [3.63, 3.8) is 0 Å². The summed E-state index contributed by atoms with van der Waals surface area (Å²) in [4.78, 5) is 35.0. The molecule has 1 aliphatic rings. The molecule has 5 rings (SSSR count). The lowest BCUT2D eigenvalue weighted by molar-refractivity contribution is -0.128. The first kappa shape index (κ1) is 26.4. The minimum absolute atomic E-state index is 0.0118. The summed E-state index contributed by atoms with van der Waals surface area (Å²) < 4.78 is 27.4. The predicted molar refractivity (Wildman–Crippen MR) is 151 cm³/mol. The molecule has 0 saturated carbocycles. The molecule has 4 aromatic rings. The second-order valence-corrected chi connectivity index (χ2v) is 11.5. The molecular formula is C28H25N5O4S2. The maximum absolute atomic E-state index is 12.8. The van der Waals surface area contributed by atoms with Crippen LogP contribution in [0.1, 0.15) is 26.9 Å². The van der Waals surface area contributed by atoms with E-state index in [0.29, 0.717) is 23.5 Å². The number of hydrogen-bond donors (Lipinski definition) is 2. The molecule has 0 aliphatic carbocycles. The van der Waals surface area contributed by atoms with Gasteiger partial charge in [0, 0.05) is 30.2 Å². The standard InChI is InChI=1S/C28H25N5O4S2/c34-25-19-38-27(33(25)18-15-20-5-2-1-3-6-20)22-9-7-21(8-10-22)26(35)31-23-11-13-24(14-12-23)39(36,37)32-28-29-16-4-17-30-28/h1-14,16-17,27H,15,18-19H2,(H,31,35)(H,29,30,32)/t27-/m0/s1. The molecule has 1 fully saturated rings. The normalized spacial score (nSPS) is 15.2. The summed E-state index contributed by atoms with van der Waals surface area (Å²) in [6, 6.07) is 24.6. The van der Waals surface area contributed by atoms with Crippen LogP contribution in [-0.4, -0.2) is 47.4 Å². The second kappa shape index (κ2) is 11.7. The fourth-order valence-electron chi connectivity index (χ4n) is 4.12. The number of nitrogens with one attached hydrogen (secondary N) is 2. The Hall–Kier alpha value is -4.22. The zero-order chi connectivity index (χ0) is 27.2. The molecule has 1 atom stereocenters. The van der Waals surface area contributed by atoms with E-state index in [-0.39, 0.29) is 28.0 Å². The number of nitrogens with zero attached hydrogens (tertiary/aromatic N) is 3. The van der Waals surface area contributed by atoms with Gasteiger partial charge in [0.15, 0.2) is 0 Å². The van der Waals surface area contributed by atoms with E-state index in [1.165, 1.54) is 42.2 Å². The largest absolute Gasteiger partial charge is 0.326 e. The van der Waals surface area contributed by atoms with Crippen molar-refractivity contribution in [3.05, 3.63) is 114 Å². The summed E-state index contributed by atoms with van der Waals surface area (Å²) in [5, 5.41) is 2.69. The van der Waals surface area contributed by atoms with Crippen LogP contribution in [0.4, 0.5) is 11.6 Å². The van der Waals surface area contributed by atoms with Crippen molar-refractivity contribution in [3.8, 4) is 0 Å². The number of thioether (sulfide) groups is 1. The monoisotopic (exact) mass is 559 g/mol. The van der Waals surface area contributed by atoms with Crippen molar-refractivity contribution in [1.29, 1.82) is 0 Å². The molecule has 9 nitrogen and oxygen atoms in total. The van der Waals surface area contributed by atoms with E-state index < -0.39 is 10.0 Å². The van der Waals surface area contributed by atoms with Crippen molar-refractivity contribution in [1.82, 2.24) is 14.9 Å². The molecule has 0 spiro atoms. The van der Waals surface area contributed by atoms with Gasteiger partial charge < -0.3 is 10.2 Å². The number of hydrogen-bond acceptors (Lipinski definition) is 7. The van der Waals surface area contributed by atoms with Gasteiger partial charge in [0.25, 0.3) is 15.9 Å². The highest BCUT2D eigenvalue weighted by molar-refractivity contribution is 8.00. The van der Waals surface area contributed by atoms with Crippen molar-refractivity contribution in [2.75, 3.05) is 22.3 Å². The zero-order valence-corrected chi connectivity index (χ0v) is 22.4. The molecular weight excluding hydrogens is 534 g/mol. The first-order valence-corrected chi connectivity index (χ1v) is 14.7. The van der Waals surface area contributed by atoms with Crippen LogP contribution in [0.2, 0.25) is 0 Å². The van der Waals surface area contributed by atoms with E-state index in [1.807, 2.05) is 35.2 Å². The van der Waals surface area contributed by atoms with Crippen molar-refractivity contribution < 1.29 is 18.0 Å². The topological polar surface area (TPSA) is 121 Å². The number of aromatic nitrogens is 2. The number of benzene rings is 3. The fourth-order valence-corrected chi connectivity index (χ4v) is 6.29. The molecule has 0 radical (unpaired) electrons. The summed E-state index contributed by atoms with van der Waals surface area (Å²) in [7, 11) is -3.87. The third-order valence-corrected chi connectivity index (χ3v) is 8.72. The van der Waals surface area contributed by atoms with E-state index >= 15 is 0 Å². The number of sulfonamides is 1. The quantitative estimate of drug-likeness (QED) is 0.313. The van der Waals surface area contributed by atoms with Gasteiger partial charge in [-0.05, 0) is 60.0 Å². The van der Waals surface area contributed by atoms with E-state index in [9.17, 15) is 18.0 Å². The SMILES string of the molecule is O=C(Nc1ccc(S(=O)(=O)Nc2ncccn2)cc1)c1ccc([C@@H]2SCC(=O)N2CCc2ccccc2)cc1. The molecule has 1 aromatic heterocycles. The number of anilines is 2. The lowest BCUT2D eigenvalue weighted by Crippen LogP contribution is -2.30. The average Bonchev–Trinajstić information content (AvgIpc) is 3.33. The maximum atomic E-state index is 12.8. The molecule has 2 N–H and O–H groups in total. The molecule has 0 bridgehead atoms. The maximum Gasteiger partial charge on any atom is 0.264 e. The lowest BCUT2D eigenvalue weighted by Gasteiger charge is -2.24. The van der Waals surface area contributed by atoms with Crippen LogP contribution in [0.3, 0.4) is 0 Å². The van der Waals surface area contributed by atoms with Gasteiger partial charge in [0.05, 0.1) is 10.6 Å². The Morgan fingerprint density at radius 1 is 0.923 bits per heavy atom.